The van der Waals surface area contributed by atoms with Gasteiger partial charge in [-0.05, 0) is 49.7 Å². The molecule has 0 fully saturated rings. The zero-order valence-electron chi connectivity index (χ0n) is 15.4. The van der Waals surface area contributed by atoms with Crippen molar-refractivity contribution in [2.75, 3.05) is 13.7 Å². The second kappa shape index (κ2) is 9.02. The smallest absolute Gasteiger partial charge is 0.323 e. The van der Waals surface area contributed by atoms with E-state index in [1.54, 1.807) is 12.1 Å². The number of carbonyl (C=O) groups excluding carboxylic acids is 1. The number of rotatable bonds is 8. The molecule has 0 saturated carbocycles. The van der Waals surface area contributed by atoms with Gasteiger partial charge < -0.3 is 19.5 Å². The number of carboxylic acids is 1. The zero-order valence-corrected chi connectivity index (χ0v) is 15.4. The van der Waals surface area contributed by atoms with Crippen LogP contribution in [0.5, 0.6) is 11.5 Å². The number of ether oxygens (including phenoxy) is 2. The molecule has 0 aliphatic rings. The van der Waals surface area contributed by atoms with Crippen molar-refractivity contribution in [3.8, 4) is 11.5 Å². The number of carbonyl (C=O) groups is 2. The predicted molar refractivity (Wildman–Crippen MR) is 97.5 cm³/mol. The van der Waals surface area contributed by atoms with Crippen LogP contribution in [0.1, 0.15) is 29.8 Å². The van der Waals surface area contributed by atoms with E-state index in [9.17, 15) is 14.0 Å². The van der Waals surface area contributed by atoms with Gasteiger partial charge >= 0.3 is 5.97 Å². The Bertz CT molecular complexity index is 805. The van der Waals surface area contributed by atoms with Crippen LogP contribution in [0.25, 0.3) is 0 Å². The molecule has 0 aromatic heterocycles. The third-order valence-electron chi connectivity index (χ3n) is 3.67. The average Bonchev–Trinajstić information content (AvgIpc) is 2.62. The number of benzene rings is 2. The van der Waals surface area contributed by atoms with Gasteiger partial charge in [-0.15, -0.1) is 0 Å². The lowest BCUT2D eigenvalue weighted by atomic mass is 10.1. The lowest BCUT2D eigenvalue weighted by Crippen LogP contribution is -2.35. The number of amides is 1. The van der Waals surface area contributed by atoms with Crippen molar-refractivity contribution in [2.24, 2.45) is 0 Å². The van der Waals surface area contributed by atoms with E-state index < -0.39 is 24.2 Å². The van der Waals surface area contributed by atoms with E-state index in [0.717, 1.165) is 0 Å². The zero-order chi connectivity index (χ0) is 20.0. The highest BCUT2D eigenvalue weighted by Gasteiger charge is 2.21. The van der Waals surface area contributed by atoms with Gasteiger partial charge in [0.25, 0.3) is 5.91 Å². The Morgan fingerprint density at radius 1 is 1.11 bits per heavy atom. The van der Waals surface area contributed by atoms with Crippen LogP contribution in [0, 0.1) is 5.82 Å². The number of halogens is 1. The maximum atomic E-state index is 13.1. The molecule has 0 unspecified atom stereocenters. The van der Waals surface area contributed by atoms with E-state index in [1.165, 1.54) is 42.3 Å². The van der Waals surface area contributed by atoms with E-state index in [-0.39, 0.29) is 18.2 Å². The van der Waals surface area contributed by atoms with Crippen molar-refractivity contribution >= 4 is 11.9 Å². The number of carboxylic acid groups (broad SMARTS) is 1. The molecule has 1 amide bonds. The largest absolute Gasteiger partial charge is 0.493 e. The molecule has 2 aromatic rings. The molecule has 6 nitrogen and oxygen atoms in total. The van der Waals surface area contributed by atoms with E-state index in [4.69, 9.17) is 14.6 Å². The Balaban J connectivity index is 2.28. The molecule has 0 atom stereocenters. The van der Waals surface area contributed by atoms with Gasteiger partial charge in [0.05, 0.1) is 13.2 Å². The summed E-state index contributed by atoms with van der Waals surface area (Å²) in [6.45, 7) is 3.30. The van der Waals surface area contributed by atoms with E-state index >= 15 is 0 Å². The van der Waals surface area contributed by atoms with Crippen LogP contribution >= 0.6 is 0 Å². The molecule has 0 aliphatic carbocycles. The Morgan fingerprint density at radius 3 is 2.33 bits per heavy atom. The summed E-state index contributed by atoms with van der Waals surface area (Å²) in [6, 6.07) is 10.2. The highest BCUT2D eigenvalue weighted by molar-refractivity contribution is 5.96. The van der Waals surface area contributed by atoms with Gasteiger partial charge in [-0.2, -0.15) is 0 Å². The number of nitrogens with zero attached hydrogens (tertiary/aromatic N) is 1. The summed E-state index contributed by atoms with van der Waals surface area (Å²) in [7, 11) is 1.46. The first-order valence-corrected chi connectivity index (χ1v) is 8.40. The van der Waals surface area contributed by atoms with Crippen LogP contribution in [-0.4, -0.2) is 41.6 Å². The van der Waals surface area contributed by atoms with Crippen LogP contribution in [0.2, 0.25) is 0 Å². The summed E-state index contributed by atoms with van der Waals surface area (Å²) in [6.07, 6.45) is -0.0672. The highest BCUT2D eigenvalue weighted by Crippen LogP contribution is 2.29. The summed E-state index contributed by atoms with van der Waals surface area (Å²) in [4.78, 5) is 25.2. The molecule has 0 aliphatic heterocycles. The van der Waals surface area contributed by atoms with Crippen LogP contribution in [0.15, 0.2) is 42.5 Å². The molecule has 0 bridgehead atoms. The number of aliphatic carboxylic acids is 1. The Morgan fingerprint density at radius 2 is 1.78 bits per heavy atom. The second-order valence-corrected chi connectivity index (χ2v) is 6.21. The predicted octanol–water partition coefficient (Wildman–Crippen LogP) is 3.35. The molecule has 27 heavy (non-hydrogen) atoms. The minimum absolute atomic E-state index is 0.0397. The molecule has 7 heteroatoms. The van der Waals surface area contributed by atoms with Gasteiger partial charge in [0.2, 0.25) is 0 Å². The average molecular weight is 375 g/mol. The summed E-state index contributed by atoms with van der Waals surface area (Å²) in [5, 5.41) is 9.15. The maximum absolute atomic E-state index is 13.1. The van der Waals surface area contributed by atoms with Crippen LogP contribution in [0.3, 0.4) is 0 Å². The van der Waals surface area contributed by atoms with Gasteiger partial charge in [-0.25, -0.2) is 4.39 Å². The summed E-state index contributed by atoms with van der Waals surface area (Å²) in [5.41, 5.74) is 0.893. The SMILES string of the molecule is COc1cc(C(=O)N(CC(=O)O)Cc2ccc(F)cc2)ccc1OC(C)C. The number of hydrogen-bond acceptors (Lipinski definition) is 4. The summed E-state index contributed by atoms with van der Waals surface area (Å²) in [5.74, 6) is -1.15. The van der Waals surface area contributed by atoms with Crippen LogP contribution in [-0.2, 0) is 11.3 Å². The third-order valence-corrected chi connectivity index (χ3v) is 3.67. The van der Waals surface area contributed by atoms with Crippen molar-refractivity contribution in [1.82, 2.24) is 4.90 Å². The van der Waals surface area contributed by atoms with Crippen molar-refractivity contribution in [1.29, 1.82) is 0 Å². The topological polar surface area (TPSA) is 76.1 Å². The quantitative estimate of drug-likeness (QED) is 0.766. The molecule has 0 radical (unpaired) electrons. The normalized spacial score (nSPS) is 10.6. The molecular weight excluding hydrogens is 353 g/mol. The fourth-order valence-electron chi connectivity index (χ4n) is 2.51. The molecule has 2 aromatic carbocycles. The van der Waals surface area contributed by atoms with Crippen molar-refractivity contribution in [3.63, 3.8) is 0 Å². The third kappa shape index (κ3) is 5.70. The fraction of sp³-hybridized carbons (Fsp3) is 0.300. The van der Waals surface area contributed by atoms with Crippen molar-refractivity contribution < 1.29 is 28.6 Å². The standard InChI is InChI=1S/C20H22FNO5/c1-13(2)27-17-9-6-15(10-18(17)26-3)20(25)22(12-19(23)24)11-14-4-7-16(21)8-5-14/h4-10,13H,11-12H2,1-3H3,(H,23,24). The number of methoxy groups -OCH3 is 1. The Hall–Kier alpha value is -3.09. The van der Waals surface area contributed by atoms with Gasteiger partial charge in [0.1, 0.15) is 12.4 Å². The minimum atomic E-state index is -1.14. The summed E-state index contributed by atoms with van der Waals surface area (Å²) >= 11 is 0. The molecule has 0 heterocycles. The van der Waals surface area contributed by atoms with Gasteiger partial charge in [0, 0.05) is 12.1 Å². The minimum Gasteiger partial charge on any atom is -0.493 e. The monoisotopic (exact) mass is 375 g/mol. The lowest BCUT2D eigenvalue weighted by Gasteiger charge is -2.22. The molecule has 144 valence electrons. The first kappa shape index (κ1) is 20.2. The maximum Gasteiger partial charge on any atom is 0.323 e. The van der Waals surface area contributed by atoms with Crippen molar-refractivity contribution in [2.45, 2.75) is 26.5 Å². The molecule has 0 saturated heterocycles. The first-order valence-electron chi connectivity index (χ1n) is 8.40. The second-order valence-electron chi connectivity index (χ2n) is 6.21. The van der Waals surface area contributed by atoms with E-state index in [0.29, 0.717) is 17.1 Å². The Labute approximate surface area is 157 Å². The van der Waals surface area contributed by atoms with Crippen LogP contribution < -0.4 is 9.47 Å². The summed E-state index contributed by atoms with van der Waals surface area (Å²) < 4.78 is 24.0. The van der Waals surface area contributed by atoms with Gasteiger partial charge in [-0.3, -0.25) is 9.59 Å². The molecule has 1 N–H and O–H groups in total. The highest BCUT2D eigenvalue weighted by atomic mass is 19.1. The molecule has 2 rings (SSSR count). The lowest BCUT2D eigenvalue weighted by molar-refractivity contribution is -0.137. The van der Waals surface area contributed by atoms with Gasteiger partial charge in [-0.1, -0.05) is 12.1 Å². The number of hydrogen-bond donors (Lipinski definition) is 1. The fourth-order valence-corrected chi connectivity index (χ4v) is 2.51. The van der Waals surface area contributed by atoms with Crippen molar-refractivity contribution in [3.05, 3.63) is 59.4 Å². The van der Waals surface area contributed by atoms with Gasteiger partial charge in [0.15, 0.2) is 11.5 Å². The van der Waals surface area contributed by atoms with Crippen LogP contribution in [0.4, 0.5) is 4.39 Å². The Kier molecular flexibility index (Phi) is 6.76. The van der Waals surface area contributed by atoms with E-state index in [1.807, 2.05) is 13.8 Å². The first-order chi connectivity index (χ1) is 12.8. The molecule has 0 spiro atoms. The molecular formula is C20H22FNO5. The van der Waals surface area contributed by atoms with E-state index in [2.05, 4.69) is 0 Å².